The number of halogens is 3. The molecule has 0 aromatic heterocycles. The van der Waals surface area contributed by atoms with Crippen molar-refractivity contribution in [3.63, 3.8) is 0 Å². The van der Waals surface area contributed by atoms with Gasteiger partial charge in [0, 0.05) is 18.7 Å². The molecule has 0 aliphatic carbocycles. The van der Waals surface area contributed by atoms with Gasteiger partial charge in [-0.1, -0.05) is 29.3 Å². The van der Waals surface area contributed by atoms with Crippen LogP contribution in [0.4, 0.5) is 4.39 Å². The van der Waals surface area contributed by atoms with Crippen molar-refractivity contribution in [1.82, 2.24) is 10.6 Å². The number of rotatable bonds is 13. The van der Waals surface area contributed by atoms with Crippen LogP contribution >= 0.6 is 23.2 Å². The third-order valence-corrected chi connectivity index (χ3v) is 4.75. The standard InChI is InChI=1S/C21H27Cl2FN2O3/c1-2-28-20-12-15(13-26-8-4-7-25-9-10-27)11-18(23)21(20)29-14-16-17(22)5-3-6-19(16)24/h3,5-6,11-12,25-27H,2,4,7-10,13-14H2,1H3. The van der Waals surface area contributed by atoms with E-state index in [9.17, 15) is 4.39 Å². The molecule has 0 aliphatic heterocycles. The van der Waals surface area contributed by atoms with E-state index < -0.39 is 5.82 Å². The Balaban J connectivity index is 2.00. The van der Waals surface area contributed by atoms with Gasteiger partial charge in [0.05, 0.1) is 23.3 Å². The maximum Gasteiger partial charge on any atom is 0.180 e. The fraction of sp³-hybridized carbons (Fsp3) is 0.429. The van der Waals surface area contributed by atoms with Gasteiger partial charge in [-0.3, -0.25) is 0 Å². The van der Waals surface area contributed by atoms with Gasteiger partial charge in [0.15, 0.2) is 11.5 Å². The molecule has 0 spiro atoms. The summed E-state index contributed by atoms with van der Waals surface area (Å²) in [6.07, 6.45) is 0.941. The smallest absolute Gasteiger partial charge is 0.180 e. The Bertz CT molecular complexity index is 758. The summed E-state index contributed by atoms with van der Waals surface area (Å²) < 4.78 is 25.4. The number of hydrogen-bond acceptors (Lipinski definition) is 5. The Morgan fingerprint density at radius 2 is 1.83 bits per heavy atom. The molecule has 0 heterocycles. The van der Waals surface area contributed by atoms with E-state index in [1.165, 1.54) is 6.07 Å². The van der Waals surface area contributed by atoms with Crippen LogP contribution in [0.25, 0.3) is 0 Å². The van der Waals surface area contributed by atoms with Crippen LogP contribution in [0.1, 0.15) is 24.5 Å². The highest BCUT2D eigenvalue weighted by molar-refractivity contribution is 6.32. The monoisotopic (exact) mass is 444 g/mol. The Kier molecular flexibility index (Phi) is 10.5. The molecule has 8 heteroatoms. The first-order chi connectivity index (χ1) is 14.1. The van der Waals surface area contributed by atoms with Crippen molar-refractivity contribution in [3.8, 4) is 11.5 Å². The number of aliphatic hydroxyl groups excluding tert-OH is 1. The van der Waals surface area contributed by atoms with Crippen LogP contribution in [-0.2, 0) is 13.2 Å². The molecular formula is C21H27Cl2FN2O3. The number of hydrogen-bond donors (Lipinski definition) is 3. The SMILES string of the molecule is CCOc1cc(CNCCCNCCO)cc(Cl)c1OCc1c(F)cccc1Cl. The first-order valence-corrected chi connectivity index (χ1v) is 10.4. The fourth-order valence-electron chi connectivity index (χ4n) is 2.72. The predicted molar refractivity (Wildman–Crippen MR) is 115 cm³/mol. The molecule has 3 N–H and O–H groups in total. The van der Waals surface area contributed by atoms with Crippen molar-refractivity contribution in [1.29, 1.82) is 0 Å². The van der Waals surface area contributed by atoms with Crippen LogP contribution in [0.15, 0.2) is 30.3 Å². The van der Waals surface area contributed by atoms with Crippen molar-refractivity contribution in [2.45, 2.75) is 26.5 Å². The highest BCUT2D eigenvalue weighted by Gasteiger charge is 2.15. The Hall–Kier alpha value is -1.57. The number of nitrogens with one attached hydrogen (secondary N) is 2. The zero-order chi connectivity index (χ0) is 21.1. The summed E-state index contributed by atoms with van der Waals surface area (Å²) in [7, 11) is 0. The van der Waals surface area contributed by atoms with Crippen LogP contribution in [0, 0.1) is 5.82 Å². The van der Waals surface area contributed by atoms with Crippen molar-refractivity contribution in [2.24, 2.45) is 0 Å². The highest BCUT2D eigenvalue weighted by Crippen LogP contribution is 2.37. The summed E-state index contributed by atoms with van der Waals surface area (Å²) in [5, 5.41) is 15.9. The van der Waals surface area contributed by atoms with E-state index in [-0.39, 0.29) is 18.8 Å². The molecule has 2 aromatic carbocycles. The number of ether oxygens (including phenoxy) is 2. The number of aliphatic hydroxyl groups is 1. The van der Waals surface area contributed by atoms with Gasteiger partial charge in [0.1, 0.15) is 12.4 Å². The van der Waals surface area contributed by atoms with Gasteiger partial charge in [-0.15, -0.1) is 0 Å². The van der Waals surface area contributed by atoms with Gasteiger partial charge in [0.2, 0.25) is 0 Å². The molecule has 2 aromatic rings. The summed E-state index contributed by atoms with van der Waals surface area (Å²) in [5.74, 6) is 0.444. The molecular weight excluding hydrogens is 418 g/mol. The van der Waals surface area contributed by atoms with Crippen LogP contribution in [0.2, 0.25) is 10.0 Å². The molecule has 0 aliphatic rings. The molecule has 0 atom stereocenters. The third-order valence-electron chi connectivity index (χ3n) is 4.12. The van der Waals surface area contributed by atoms with Crippen molar-refractivity contribution in [2.75, 3.05) is 32.8 Å². The summed E-state index contributed by atoms with van der Waals surface area (Å²) in [5.41, 5.74) is 1.23. The summed E-state index contributed by atoms with van der Waals surface area (Å²) in [6, 6.07) is 8.17. The summed E-state index contributed by atoms with van der Waals surface area (Å²) >= 11 is 12.5. The molecule has 29 heavy (non-hydrogen) atoms. The lowest BCUT2D eigenvalue weighted by atomic mass is 10.2. The molecule has 0 fully saturated rings. The van der Waals surface area contributed by atoms with Crippen LogP contribution in [0.3, 0.4) is 0 Å². The van der Waals surface area contributed by atoms with E-state index in [4.69, 9.17) is 37.8 Å². The van der Waals surface area contributed by atoms with E-state index in [2.05, 4.69) is 10.6 Å². The first-order valence-electron chi connectivity index (χ1n) is 9.60. The maximum absolute atomic E-state index is 14.0. The fourth-order valence-corrected chi connectivity index (χ4v) is 3.22. The molecule has 160 valence electrons. The van der Waals surface area contributed by atoms with E-state index in [1.807, 2.05) is 13.0 Å². The molecule has 0 saturated heterocycles. The zero-order valence-corrected chi connectivity index (χ0v) is 18.0. The predicted octanol–water partition coefficient (Wildman–Crippen LogP) is 4.17. The molecule has 0 amide bonds. The average Bonchev–Trinajstić information content (AvgIpc) is 2.68. The average molecular weight is 445 g/mol. The maximum atomic E-state index is 14.0. The van der Waals surface area contributed by atoms with Gasteiger partial charge >= 0.3 is 0 Å². The zero-order valence-electron chi connectivity index (χ0n) is 16.4. The molecule has 0 radical (unpaired) electrons. The lowest BCUT2D eigenvalue weighted by molar-refractivity contribution is 0.266. The van der Waals surface area contributed by atoms with E-state index in [1.54, 1.807) is 18.2 Å². The van der Waals surface area contributed by atoms with Crippen molar-refractivity contribution in [3.05, 3.63) is 57.3 Å². The second kappa shape index (κ2) is 12.9. The van der Waals surface area contributed by atoms with E-state index in [0.29, 0.717) is 41.2 Å². The normalized spacial score (nSPS) is 10.9. The van der Waals surface area contributed by atoms with Gasteiger partial charge in [0.25, 0.3) is 0 Å². The largest absolute Gasteiger partial charge is 0.490 e. The minimum atomic E-state index is -0.430. The quantitative estimate of drug-likeness (QED) is 0.404. The summed E-state index contributed by atoms with van der Waals surface area (Å²) in [6.45, 7) is 5.30. The highest BCUT2D eigenvalue weighted by atomic mass is 35.5. The second-order valence-electron chi connectivity index (χ2n) is 6.33. The minimum Gasteiger partial charge on any atom is -0.490 e. The lowest BCUT2D eigenvalue weighted by Gasteiger charge is -2.16. The summed E-state index contributed by atoms with van der Waals surface area (Å²) in [4.78, 5) is 0. The van der Waals surface area contributed by atoms with Gasteiger partial charge in [-0.05, 0) is 56.3 Å². The lowest BCUT2D eigenvalue weighted by Crippen LogP contribution is -2.23. The second-order valence-corrected chi connectivity index (χ2v) is 7.15. The Morgan fingerprint density at radius 3 is 2.55 bits per heavy atom. The topological polar surface area (TPSA) is 62.8 Å². The number of benzene rings is 2. The van der Waals surface area contributed by atoms with Crippen LogP contribution < -0.4 is 20.1 Å². The first kappa shape index (κ1) is 23.7. The van der Waals surface area contributed by atoms with Crippen LogP contribution in [-0.4, -0.2) is 38.0 Å². The molecule has 5 nitrogen and oxygen atoms in total. The Morgan fingerprint density at radius 1 is 1.03 bits per heavy atom. The van der Waals surface area contributed by atoms with E-state index in [0.717, 1.165) is 25.1 Å². The third kappa shape index (κ3) is 7.64. The molecule has 0 bridgehead atoms. The molecule has 2 rings (SSSR count). The minimum absolute atomic E-state index is 0.0518. The molecule has 0 unspecified atom stereocenters. The van der Waals surface area contributed by atoms with Gasteiger partial charge < -0.3 is 25.2 Å². The van der Waals surface area contributed by atoms with Crippen LogP contribution in [0.5, 0.6) is 11.5 Å². The van der Waals surface area contributed by atoms with E-state index >= 15 is 0 Å². The van der Waals surface area contributed by atoms with Gasteiger partial charge in [-0.25, -0.2) is 4.39 Å². The van der Waals surface area contributed by atoms with Crippen molar-refractivity contribution >= 4 is 23.2 Å². The Labute approximate surface area is 181 Å². The van der Waals surface area contributed by atoms with Crippen molar-refractivity contribution < 1.29 is 19.0 Å². The van der Waals surface area contributed by atoms with Gasteiger partial charge in [-0.2, -0.15) is 0 Å². The molecule has 0 saturated carbocycles.